The maximum Gasteiger partial charge on any atom is 0.328 e. The first kappa shape index (κ1) is 16.8. The number of hydrogen-bond donors (Lipinski definition) is 1. The zero-order chi connectivity index (χ0) is 17.7. The summed E-state index contributed by atoms with van der Waals surface area (Å²) in [7, 11) is 0. The lowest BCUT2D eigenvalue weighted by Crippen LogP contribution is -2.18. The Bertz CT molecular complexity index is 755. The van der Waals surface area contributed by atoms with E-state index in [1.54, 1.807) is 0 Å². The summed E-state index contributed by atoms with van der Waals surface area (Å²) in [6, 6.07) is 4.58. The van der Waals surface area contributed by atoms with E-state index in [0.717, 1.165) is 24.4 Å². The van der Waals surface area contributed by atoms with E-state index in [1.807, 2.05) is 13.0 Å². The number of aryl methyl sites for hydroxylation is 1. The zero-order valence-electron chi connectivity index (χ0n) is 15.1. The van der Waals surface area contributed by atoms with Crippen LogP contribution >= 0.6 is 0 Å². The summed E-state index contributed by atoms with van der Waals surface area (Å²) in [5.41, 5.74) is 4.87. The van der Waals surface area contributed by atoms with Crippen molar-refractivity contribution in [2.24, 2.45) is 5.92 Å². The maximum atomic E-state index is 10.7. The van der Waals surface area contributed by atoms with E-state index >= 15 is 0 Å². The first-order valence-electron chi connectivity index (χ1n) is 8.51. The second-order valence-electron chi connectivity index (χ2n) is 8.16. The molecule has 2 aliphatic rings. The van der Waals surface area contributed by atoms with Gasteiger partial charge in [-0.15, -0.1) is 0 Å². The van der Waals surface area contributed by atoms with E-state index in [4.69, 9.17) is 9.84 Å². The van der Waals surface area contributed by atoms with E-state index in [9.17, 15) is 4.79 Å². The summed E-state index contributed by atoms with van der Waals surface area (Å²) in [6.07, 6.45) is 6.43. The number of carboxylic acids is 1. The van der Waals surface area contributed by atoms with Gasteiger partial charge in [-0.05, 0) is 48.3 Å². The molecule has 1 saturated carbocycles. The largest absolute Gasteiger partial charge is 0.492 e. The quantitative estimate of drug-likeness (QED) is 0.653. The van der Waals surface area contributed by atoms with Crippen LogP contribution in [-0.2, 0) is 15.6 Å². The highest BCUT2D eigenvalue weighted by Gasteiger charge is 2.50. The Morgan fingerprint density at radius 1 is 1.33 bits per heavy atom. The van der Waals surface area contributed by atoms with Crippen LogP contribution < -0.4 is 4.74 Å². The van der Waals surface area contributed by atoms with Crippen LogP contribution in [0.25, 0.3) is 0 Å². The van der Waals surface area contributed by atoms with Crippen LogP contribution in [0.1, 0.15) is 50.8 Å². The van der Waals surface area contributed by atoms with Gasteiger partial charge in [0.2, 0.25) is 0 Å². The molecule has 3 heteroatoms. The number of rotatable bonds is 4. The fourth-order valence-electron chi connectivity index (χ4n) is 3.65. The first-order valence-corrected chi connectivity index (χ1v) is 8.51. The Balaban J connectivity index is 1.85. The lowest BCUT2D eigenvalue weighted by atomic mass is 9.82. The summed E-state index contributed by atoms with van der Waals surface area (Å²) in [4.78, 5) is 10.7. The molecule has 3 rings (SSSR count). The third-order valence-corrected chi connectivity index (χ3v) is 5.49. The second-order valence-corrected chi connectivity index (χ2v) is 8.16. The molecule has 3 nitrogen and oxygen atoms in total. The minimum absolute atomic E-state index is 0.0630. The van der Waals surface area contributed by atoms with Gasteiger partial charge in [-0.2, -0.15) is 0 Å². The van der Waals surface area contributed by atoms with Gasteiger partial charge >= 0.3 is 5.97 Å². The summed E-state index contributed by atoms with van der Waals surface area (Å²) in [6.45, 7) is 11.4. The highest BCUT2D eigenvalue weighted by atomic mass is 16.5. The van der Waals surface area contributed by atoms with Gasteiger partial charge in [0.15, 0.2) is 0 Å². The molecule has 128 valence electrons. The molecule has 1 fully saturated rings. The molecular formula is C21H26O3. The smallest absolute Gasteiger partial charge is 0.328 e. The summed E-state index contributed by atoms with van der Waals surface area (Å²) in [5.74, 6) is 0.616. The van der Waals surface area contributed by atoms with Crippen LogP contribution in [0.5, 0.6) is 5.75 Å². The van der Waals surface area contributed by atoms with Crippen molar-refractivity contribution in [3.63, 3.8) is 0 Å². The van der Waals surface area contributed by atoms with Crippen molar-refractivity contribution in [3.8, 4) is 5.75 Å². The van der Waals surface area contributed by atoms with Crippen LogP contribution in [0.2, 0.25) is 0 Å². The first-order chi connectivity index (χ1) is 11.1. The predicted octanol–water partition coefficient (Wildman–Crippen LogP) is 4.53. The minimum Gasteiger partial charge on any atom is -0.492 e. The number of hydrogen-bond acceptors (Lipinski definition) is 2. The Morgan fingerprint density at radius 2 is 2.04 bits per heavy atom. The van der Waals surface area contributed by atoms with E-state index in [-0.39, 0.29) is 10.8 Å². The van der Waals surface area contributed by atoms with Crippen molar-refractivity contribution in [1.29, 1.82) is 0 Å². The standard InChI is InChI=1S/C21H26O3/c1-13(8-18(22)23)6-7-15-11-21(15,5)16-9-14(2)19-17(10-16)20(3,4)12-24-19/h6-10,15H,11-12H2,1-5H3,(H,22,23)/b7-6+,13-8+/t15-,21+/m1/s1. The average molecular weight is 326 g/mol. The molecule has 1 heterocycles. The third kappa shape index (κ3) is 2.88. The van der Waals surface area contributed by atoms with Crippen LogP contribution in [0.3, 0.4) is 0 Å². The molecule has 0 unspecified atom stereocenters. The molecule has 1 aliphatic heterocycles. The molecule has 1 aromatic carbocycles. The topological polar surface area (TPSA) is 46.5 Å². The lowest BCUT2D eigenvalue weighted by Gasteiger charge is -2.19. The molecule has 2 atom stereocenters. The highest BCUT2D eigenvalue weighted by Crippen LogP contribution is 2.56. The highest BCUT2D eigenvalue weighted by molar-refractivity contribution is 5.81. The van der Waals surface area contributed by atoms with E-state index in [2.05, 4.69) is 45.9 Å². The van der Waals surface area contributed by atoms with Gasteiger partial charge < -0.3 is 9.84 Å². The molecule has 0 saturated heterocycles. The van der Waals surface area contributed by atoms with Gasteiger partial charge in [0, 0.05) is 17.1 Å². The molecular weight excluding hydrogens is 300 g/mol. The third-order valence-electron chi connectivity index (χ3n) is 5.49. The molecule has 0 radical (unpaired) electrons. The van der Waals surface area contributed by atoms with Crippen molar-refractivity contribution < 1.29 is 14.6 Å². The van der Waals surface area contributed by atoms with Crippen molar-refractivity contribution in [1.82, 2.24) is 0 Å². The molecule has 0 spiro atoms. The Labute approximate surface area is 144 Å². The van der Waals surface area contributed by atoms with Crippen molar-refractivity contribution >= 4 is 5.97 Å². The average Bonchev–Trinajstić information content (AvgIpc) is 3.04. The number of aliphatic carboxylic acids is 1. The monoisotopic (exact) mass is 326 g/mol. The SMILES string of the molecule is CC(/C=C/[C@@H]1C[C@]1(C)c1cc(C)c2c(c1)C(C)(C)CO2)=C\C(=O)O. The molecule has 0 amide bonds. The zero-order valence-corrected chi connectivity index (χ0v) is 15.1. The number of allylic oxidation sites excluding steroid dienone is 3. The van der Waals surface area contributed by atoms with Crippen LogP contribution in [0.4, 0.5) is 0 Å². The fraction of sp³-hybridized carbons (Fsp3) is 0.476. The van der Waals surface area contributed by atoms with Crippen molar-refractivity contribution in [2.45, 2.75) is 51.9 Å². The Morgan fingerprint density at radius 3 is 2.71 bits per heavy atom. The van der Waals surface area contributed by atoms with Crippen LogP contribution in [0.15, 0.2) is 35.9 Å². The van der Waals surface area contributed by atoms with Crippen molar-refractivity contribution in [3.05, 3.63) is 52.6 Å². The summed E-state index contributed by atoms with van der Waals surface area (Å²) < 4.78 is 5.90. The fourth-order valence-corrected chi connectivity index (χ4v) is 3.65. The van der Waals surface area contributed by atoms with Crippen LogP contribution in [0, 0.1) is 12.8 Å². The number of benzene rings is 1. The van der Waals surface area contributed by atoms with Gasteiger partial charge in [0.25, 0.3) is 0 Å². The Hall–Kier alpha value is -2.03. The number of carboxylic acid groups (broad SMARTS) is 1. The second kappa shape index (κ2) is 5.51. The van der Waals surface area contributed by atoms with Crippen LogP contribution in [-0.4, -0.2) is 17.7 Å². The maximum absolute atomic E-state index is 10.7. The number of carbonyl (C=O) groups is 1. The summed E-state index contributed by atoms with van der Waals surface area (Å²) >= 11 is 0. The van der Waals surface area contributed by atoms with Gasteiger partial charge in [-0.25, -0.2) is 4.79 Å². The Kier molecular flexibility index (Phi) is 3.86. The lowest BCUT2D eigenvalue weighted by molar-refractivity contribution is -0.131. The summed E-state index contributed by atoms with van der Waals surface area (Å²) in [5, 5.41) is 8.79. The van der Waals surface area contributed by atoms with E-state index in [1.165, 1.54) is 22.8 Å². The molecule has 0 aromatic heterocycles. The van der Waals surface area contributed by atoms with Crippen molar-refractivity contribution in [2.75, 3.05) is 6.61 Å². The normalized spacial score (nSPS) is 27.9. The predicted molar refractivity (Wildman–Crippen MR) is 95.7 cm³/mol. The van der Waals surface area contributed by atoms with E-state index < -0.39 is 5.97 Å². The molecule has 1 aliphatic carbocycles. The van der Waals surface area contributed by atoms with Gasteiger partial charge in [-0.3, -0.25) is 0 Å². The minimum atomic E-state index is -0.896. The van der Waals surface area contributed by atoms with Gasteiger partial charge in [0.05, 0.1) is 6.61 Å². The van der Waals surface area contributed by atoms with Gasteiger partial charge in [-0.1, -0.05) is 45.1 Å². The molecule has 1 N–H and O–H groups in total. The molecule has 0 bridgehead atoms. The molecule has 1 aromatic rings. The number of ether oxygens (including phenoxy) is 1. The number of fused-ring (bicyclic) bond motifs is 1. The molecule has 24 heavy (non-hydrogen) atoms. The van der Waals surface area contributed by atoms with E-state index in [0.29, 0.717) is 5.92 Å². The van der Waals surface area contributed by atoms with Gasteiger partial charge in [0.1, 0.15) is 5.75 Å².